The maximum absolute atomic E-state index is 11.4. The molecule has 7 nitrogen and oxygen atoms in total. The molecule has 0 bridgehead atoms. The van der Waals surface area contributed by atoms with Crippen molar-refractivity contribution in [3.8, 4) is 0 Å². The van der Waals surface area contributed by atoms with Gasteiger partial charge < -0.3 is 25.2 Å². The standard InChI is InChI=1S/C19H31N3O3.C10H22.C2H6O/c1-14-16(10-20-8-9-21(3)4)6-5-7-17(14)11-22-18(12-23)15(2)19(13-24)25-22;1-6-8-10(4,5)9(3)7-2;1-2-3/h5-7,12,15,18-20,24H,8-11,13H2,1-4H3;9H,6-8H2,1-5H3;3H,2H2,1H3. The molecule has 4 unspecified atom stereocenters. The second-order valence-corrected chi connectivity index (χ2v) is 11.4. The van der Waals surface area contributed by atoms with E-state index < -0.39 is 0 Å². The molecular formula is C31H59N3O4. The molecule has 1 saturated heterocycles. The Morgan fingerprint density at radius 3 is 2.29 bits per heavy atom. The van der Waals surface area contributed by atoms with Crippen molar-refractivity contribution in [2.45, 2.75) is 99.9 Å². The molecule has 222 valence electrons. The van der Waals surface area contributed by atoms with Crippen molar-refractivity contribution in [2.75, 3.05) is 40.4 Å². The number of likely N-dealkylation sites (N-methyl/N-ethyl adjacent to an activating group) is 1. The lowest BCUT2D eigenvalue weighted by atomic mass is 9.75. The number of carbonyl (C=O) groups is 1. The van der Waals surface area contributed by atoms with Crippen molar-refractivity contribution in [1.82, 2.24) is 15.3 Å². The highest BCUT2D eigenvalue weighted by atomic mass is 16.7. The molecule has 1 aromatic rings. The minimum atomic E-state index is -0.321. The van der Waals surface area contributed by atoms with Crippen molar-refractivity contribution < 1.29 is 19.8 Å². The smallest absolute Gasteiger partial charge is 0.139 e. The molecule has 3 N–H and O–H groups in total. The lowest BCUT2D eigenvalue weighted by Gasteiger charge is -2.30. The van der Waals surface area contributed by atoms with Gasteiger partial charge in [0.15, 0.2) is 0 Å². The van der Waals surface area contributed by atoms with Crippen LogP contribution in [0.3, 0.4) is 0 Å². The summed E-state index contributed by atoms with van der Waals surface area (Å²) in [6.45, 7) is 20.9. The zero-order valence-corrected chi connectivity index (χ0v) is 26.1. The Bertz CT molecular complexity index is 757. The third-order valence-electron chi connectivity index (χ3n) is 7.82. The van der Waals surface area contributed by atoms with Crippen molar-refractivity contribution in [3.63, 3.8) is 0 Å². The molecule has 0 saturated carbocycles. The van der Waals surface area contributed by atoms with Gasteiger partial charge in [0, 0.05) is 32.2 Å². The Morgan fingerprint density at radius 1 is 1.18 bits per heavy atom. The SMILES string of the molecule is CCCC(C)(C)C(C)CC.CCO.Cc1c(CNCCN(C)C)cccc1CN1OC(CO)C(C)C1C=O. The molecule has 1 aliphatic heterocycles. The van der Waals surface area contributed by atoms with E-state index in [9.17, 15) is 9.90 Å². The van der Waals surface area contributed by atoms with Crippen LogP contribution < -0.4 is 5.32 Å². The first-order valence-corrected chi connectivity index (χ1v) is 14.5. The summed E-state index contributed by atoms with van der Waals surface area (Å²) < 4.78 is 0. The summed E-state index contributed by atoms with van der Waals surface area (Å²) in [4.78, 5) is 19.4. The van der Waals surface area contributed by atoms with Crippen LogP contribution in [0.1, 0.15) is 84.4 Å². The number of carbonyl (C=O) groups excluding carboxylic acids is 1. The van der Waals surface area contributed by atoms with E-state index in [1.807, 2.05) is 13.0 Å². The lowest BCUT2D eigenvalue weighted by Crippen LogP contribution is -2.32. The minimum Gasteiger partial charge on any atom is -0.397 e. The van der Waals surface area contributed by atoms with Gasteiger partial charge in [-0.3, -0.25) is 4.84 Å². The van der Waals surface area contributed by atoms with E-state index in [4.69, 9.17) is 9.94 Å². The second kappa shape index (κ2) is 19.7. The van der Waals surface area contributed by atoms with Gasteiger partial charge in [-0.15, -0.1) is 0 Å². The quantitative estimate of drug-likeness (QED) is 0.246. The number of hydrogen-bond donors (Lipinski definition) is 3. The molecule has 0 aromatic heterocycles. The first-order chi connectivity index (χ1) is 17.9. The predicted molar refractivity (Wildman–Crippen MR) is 159 cm³/mol. The van der Waals surface area contributed by atoms with Gasteiger partial charge in [-0.25, -0.2) is 0 Å². The summed E-state index contributed by atoms with van der Waals surface area (Å²) in [6, 6.07) is 5.92. The number of aliphatic hydroxyl groups is 2. The van der Waals surface area contributed by atoms with Crippen LogP contribution in [-0.2, 0) is 22.7 Å². The van der Waals surface area contributed by atoms with E-state index in [-0.39, 0.29) is 31.3 Å². The highest BCUT2D eigenvalue weighted by molar-refractivity contribution is 5.58. The highest BCUT2D eigenvalue weighted by Crippen LogP contribution is 2.33. The Balaban J connectivity index is 0.000000880. The zero-order chi connectivity index (χ0) is 29.3. The summed E-state index contributed by atoms with van der Waals surface area (Å²) in [5, 5.41) is 22.2. The monoisotopic (exact) mass is 537 g/mol. The predicted octanol–water partition coefficient (Wildman–Crippen LogP) is 4.82. The molecule has 1 aromatic carbocycles. The van der Waals surface area contributed by atoms with Gasteiger partial charge in [-0.2, -0.15) is 5.06 Å². The van der Waals surface area contributed by atoms with Gasteiger partial charge >= 0.3 is 0 Å². The van der Waals surface area contributed by atoms with Gasteiger partial charge in [-0.1, -0.05) is 72.6 Å². The van der Waals surface area contributed by atoms with E-state index in [2.05, 4.69) is 78.0 Å². The summed E-state index contributed by atoms with van der Waals surface area (Å²) in [6.07, 6.45) is 4.60. The summed E-state index contributed by atoms with van der Waals surface area (Å²) in [7, 11) is 4.13. The minimum absolute atomic E-state index is 0.0151. The Morgan fingerprint density at radius 2 is 1.79 bits per heavy atom. The fraction of sp³-hybridized carbons (Fsp3) is 0.774. The fourth-order valence-corrected chi connectivity index (χ4v) is 4.59. The molecule has 4 atom stereocenters. The van der Waals surface area contributed by atoms with Crippen molar-refractivity contribution in [2.24, 2.45) is 17.3 Å². The average molecular weight is 538 g/mol. The Labute approximate surface area is 233 Å². The molecule has 0 aliphatic carbocycles. The molecule has 38 heavy (non-hydrogen) atoms. The number of nitrogens with one attached hydrogen (secondary N) is 1. The molecule has 1 heterocycles. The van der Waals surface area contributed by atoms with Crippen LogP contribution >= 0.6 is 0 Å². The summed E-state index contributed by atoms with van der Waals surface area (Å²) in [5.41, 5.74) is 4.17. The lowest BCUT2D eigenvalue weighted by molar-refractivity contribution is -0.177. The van der Waals surface area contributed by atoms with Crippen LogP contribution in [0.4, 0.5) is 0 Å². The van der Waals surface area contributed by atoms with E-state index in [1.54, 1.807) is 12.0 Å². The highest BCUT2D eigenvalue weighted by Gasteiger charge is 2.40. The topological polar surface area (TPSA) is 85.3 Å². The largest absolute Gasteiger partial charge is 0.397 e. The van der Waals surface area contributed by atoms with Gasteiger partial charge in [0.2, 0.25) is 0 Å². The van der Waals surface area contributed by atoms with Crippen molar-refractivity contribution in [3.05, 3.63) is 34.9 Å². The number of aliphatic hydroxyl groups excluding tert-OH is 2. The summed E-state index contributed by atoms with van der Waals surface area (Å²) in [5.74, 6) is 0.853. The molecule has 1 fully saturated rings. The average Bonchev–Trinajstić information content (AvgIpc) is 3.17. The Kier molecular flexibility index (Phi) is 19.0. The molecule has 1 aliphatic rings. The van der Waals surface area contributed by atoms with Crippen molar-refractivity contribution >= 4 is 6.29 Å². The third kappa shape index (κ3) is 12.7. The second-order valence-electron chi connectivity index (χ2n) is 11.4. The van der Waals surface area contributed by atoms with Crippen LogP contribution in [0.2, 0.25) is 0 Å². The van der Waals surface area contributed by atoms with Crippen molar-refractivity contribution in [1.29, 1.82) is 0 Å². The van der Waals surface area contributed by atoms with Crippen LogP contribution in [0.15, 0.2) is 18.2 Å². The van der Waals surface area contributed by atoms with Gasteiger partial charge in [0.05, 0.1) is 19.2 Å². The van der Waals surface area contributed by atoms with E-state index in [0.29, 0.717) is 12.0 Å². The zero-order valence-electron chi connectivity index (χ0n) is 26.1. The molecule has 2 rings (SSSR count). The van der Waals surface area contributed by atoms with Crippen LogP contribution in [-0.4, -0.2) is 79.0 Å². The molecule has 0 spiro atoms. The molecule has 0 radical (unpaired) electrons. The number of nitrogens with zero attached hydrogens (tertiary/aromatic N) is 2. The van der Waals surface area contributed by atoms with Gasteiger partial charge in [0.25, 0.3) is 0 Å². The van der Waals surface area contributed by atoms with Gasteiger partial charge in [0.1, 0.15) is 12.4 Å². The van der Waals surface area contributed by atoms with Crippen LogP contribution in [0.5, 0.6) is 0 Å². The van der Waals surface area contributed by atoms with E-state index in [1.165, 1.54) is 30.4 Å². The third-order valence-corrected chi connectivity index (χ3v) is 7.82. The number of aldehydes is 1. The number of hydrogen-bond acceptors (Lipinski definition) is 7. The fourth-order valence-electron chi connectivity index (χ4n) is 4.59. The maximum Gasteiger partial charge on any atom is 0.139 e. The number of rotatable bonds is 13. The number of benzene rings is 1. The Hall–Kier alpha value is -1.35. The summed E-state index contributed by atoms with van der Waals surface area (Å²) >= 11 is 0. The molecule has 0 amide bonds. The first-order valence-electron chi connectivity index (χ1n) is 14.5. The van der Waals surface area contributed by atoms with E-state index >= 15 is 0 Å². The number of hydroxylamine groups is 2. The van der Waals surface area contributed by atoms with Crippen LogP contribution in [0, 0.1) is 24.2 Å². The van der Waals surface area contributed by atoms with Crippen LogP contribution in [0.25, 0.3) is 0 Å². The van der Waals surface area contributed by atoms with E-state index in [0.717, 1.165) is 37.4 Å². The first kappa shape index (κ1) is 36.6. The normalized spacial score (nSPS) is 20.4. The maximum atomic E-state index is 11.4. The molecular weight excluding hydrogens is 478 g/mol. The van der Waals surface area contributed by atoms with Gasteiger partial charge in [-0.05, 0) is 62.4 Å². The molecule has 7 heteroatoms.